The summed E-state index contributed by atoms with van der Waals surface area (Å²) in [6.07, 6.45) is 11.8. The van der Waals surface area contributed by atoms with Crippen molar-refractivity contribution < 1.29 is 0 Å². The molecule has 0 heterocycles. The van der Waals surface area contributed by atoms with Crippen LogP contribution in [0, 0.1) is 0 Å². The lowest BCUT2D eigenvalue weighted by Crippen LogP contribution is -1.73. The second-order valence-corrected chi connectivity index (χ2v) is 2.94. The Hall–Kier alpha value is -0.520. The summed E-state index contributed by atoms with van der Waals surface area (Å²) in [6.45, 7) is 6.46. The first-order chi connectivity index (χ1) is 5.31. The van der Waals surface area contributed by atoms with E-state index in [-0.39, 0.29) is 0 Å². The molecule has 0 heteroatoms. The third-order valence-corrected chi connectivity index (χ3v) is 1.70. The van der Waals surface area contributed by atoms with Gasteiger partial charge in [0, 0.05) is 0 Å². The van der Waals surface area contributed by atoms with E-state index in [1.54, 1.807) is 0 Å². The summed E-state index contributed by atoms with van der Waals surface area (Å²) in [5, 5.41) is 0. The molecule has 0 amide bonds. The van der Waals surface area contributed by atoms with Crippen molar-refractivity contribution in [2.75, 3.05) is 0 Å². The van der Waals surface area contributed by atoms with Crippen LogP contribution in [0.4, 0.5) is 0 Å². The first kappa shape index (κ1) is 10.5. The molecule has 0 spiro atoms. The number of hydrogen-bond acceptors (Lipinski definition) is 0. The zero-order valence-electron chi connectivity index (χ0n) is 8.06. The lowest BCUT2D eigenvalue weighted by Gasteiger charge is -1.93. The highest BCUT2D eigenvalue weighted by Gasteiger charge is 1.83. The smallest absolute Gasteiger partial charge is 0.0345 e. The molecular weight excluding hydrogens is 132 g/mol. The molecule has 0 aromatic rings. The molecule has 0 N–H and O–H groups in total. The summed E-state index contributed by atoms with van der Waals surface area (Å²) in [5.41, 5.74) is 1.39. The van der Waals surface area contributed by atoms with Crippen LogP contribution in [0.2, 0.25) is 0 Å². The van der Waals surface area contributed by atoms with Gasteiger partial charge in [-0.3, -0.25) is 0 Å². The Morgan fingerprint density at radius 2 is 2.00 bits per heavy atom. The molecule has 0 saturated heterocycles. The van der Waals surface area contributed by atoms with Crippen LogP contribution in [0.1, 0.15) is 46.5 Å². The van der Waals surface area contributed by atoms with Gasteiger partial charge < -0.3 is 0 Å². The third-order valence-electron chi connectivity index (χ3n) is 1.70. The minimum Gasteiger partial charge on any atom is -0.0874 e. The summed E-state index contributed by atoms with van der Waals surface area (Å²) in [4.78, 5) is 0. The molecule has 0 fully saturated rings. The highest BCUT2D eigenvalue weighted by atomic mass is 13.9. The van der Waals surface area contributed by atoms with Crippen LogP contribution in [-0.2, 0) is 0 Å². The van der Waals surface area contributed by atoms with Crippen molar-refractivity contribution in [3.8, 4) is 0 Å². The van der Waals surface area contributed by atoms with E-state index in [2.05, 4.69) is 39.0 Å². The zero-order chi connectivity index (χ0) is 8.53. The van der Waals surface area contributed by atoms with Gasteiger partial charge in [0.25, 0.3) is 0 Å². The number of allylic oxidation sites excluding steroid dienone is 4. The van der Waals surface area contributed by atoms with Gasteiger partial charge in [-0.15, -0.1) is 0 Å². The second kappa shape index (κ2) is 7.59. The fraction of sp³-hybridized carbons (Fsp3) is 0.636. The van der Waals surface area contributed by atoms with Crippen molar-refractivity contribution in [3.63, 3.8) is 0 Å². The van der Waals surface area contributed by atoms with E-state index in [9.17, 15) is 0 Å². The Labute approximate surface area is 71.0 Å². The van der Waals surface area contributed by atoms with E-state index >= 15 is 0 Å². The van der Waals surface area contributed by atoms with Gasteiger partial charge in [-0.25, -0.2) is 0 Å². The van der Waals surface area contributed by atoms with Crippen LogP contribution in [-0.4, -0.2) is 0 Å². The van der Waals surface area contributed by atoms with Crippen LogP contribution in [0.3, 0.4) is 0 Å². The molecule has 0 saturated carbocycles. The molecule has 0 aromatic carbocycles. The highest BCUT2D eigenvalue weighted by Crippen LogP contribution is 2.03. The highest BCUT2D eigenvalue weighted by molar-refractivity contribution is 5.14. The first-order valence-corrected chi connectivity index (χ1v) is 4.60. The minimum atomic E-state index is 1.24. The SMILES string of the molecule is C/C=C/C(C)=C/CCCCC. The van der Waals surface area contributed by atoms with Crippen molar-refractivity contribution in [2.45, 2.75) is 46.5 Å². The van der Waals surface area contributed by atoms with Crippen LogP contribution in [0.5, 0.6) is 0 Å². The van der Waals surface area contributed by atoms with Gasteiger partial charge in [-0.1, -0.05) is 43.6 Å². The summed E-state index contributed by atoms with van der Waals surface area (Å²) in [6, 6.07) is 0. The van der Waals surface area contributed by atoms with Gasteiger partial charge >= 0.3 is 0 Å². The zero-order valence-corrected chi connectivity index (χ0v) is 8.06. The molecule has 0 radical (unpaired) electrons. The fourth-order valence-corrected chi connectivity index (χ4v) is 1.06. The molecule has 0 aliphatic carbocycles. The molecule has 0 aromatic heterocycles. The summed E-state index contributed by atoms with van der Waals surface area (Å²) < 4.78 is 0. The predicted molar refractivity (Wildman–Crippen MR) is 52.7 cm³/mol. The van der Waals surface area contributed by atoms with Crippen LogP contribution in [0.15, 0.2) is 23.8 Å². The molecule has 0 bridgehead atoms. The molecule has 11 heavy (non-hydrogen) atoms. The van der Waals surface area contributed by atoms with Crippen molar-refractivity contribution in [3.05, 3.63) is 23.8 Å². The molecule has 64 valence electrons. The Bertz CT molecular complexity index is 129. The second-order valence-electron chi connectivity index (χ2n) is 2.94. The quantitative estimate of drug-likeness (QED) is 0.411. The van der Waals surface area contributed by atoms with Gasteiger partial charge in [0.05, 0.1) is 0 Å². The number of unbranched alkanes of at least 4 members (excludes halogenated alkanes) is 3. The molecule has 0 aliphatic rings. The standard InChI is InChI=1S/C11H20/c1-4-6-7-8-10-11(3)9-5-2/h5,9-10H,4,6-8H2,1-3H3/b9-5+,11-10+. The summed E-state index contributed by atoms with van der Waals surface area (Å²) in [5.74, 6) is 0. The Kier molecular flexibility index (Phi) is 7.23. The molecular formula is C11H20. The lowest BCUT2D eigenvalue weighted by molar-refractivity contribution is 0.728. The van der Waals surface area contributed by atoms with E-state index in [0.717, 1.165) is 0 Å². The van der Waals surface area contributed by atoms with Gasteiger partial charge in [0.1, 0.15) is 0 Å². The minimum absolute atomic E-state index is 1.24. The van der Waals surface area contributed by atoms with Crippen molar-refractivity contribution >= 4 is 0 Å². The van der Waals surface area contributed by atoms with Gasteiger partial charge in [-0.05, 0) is 26.7 Å². The maximum atomic E-state index is 2.32. The Balaban J connectivity index is 3.40. The number of rotatable bonds is 5. The molecule has 0 unspecified atom stereocenters. The third kappa shape index (κ3) is 7.38. The van der Waals surface area contributed by atoms with E-state index in [0.29, 0.717) is 0 Å². The average molecular weight is 152 g/mol. The normalized spacial score (nSPS) is 12.8. The van der Waals surface area contributed by atoms with E-state index in [4.69, 9.17) is 0 Å². The van der Waals surface area contributed by atoms with E-state index in [1.807, 2.05) is 0 Å². The van der Waals surface area contributed by atoms with Crippen molar-refractivity contribution in [1.82, 2.24) is 0 Å². The van der Waals surface area contributed by atoms with Crippen molar-refractivity contribution in [1.29, 1.82) is 0 Å². The summed E-state index contributed by atoms with van der Waals surface area (Å²) >= 11 is 0. The predicted octanol–water partition coefficient (Wildman–Crippen LogP) is 4.09. The van der Waals surface area contributed by atoms with Gasteiger partial charge in [0.15, 0.2) is 0 Å². The average Bonchev–Trinajstić information content (AvgIpc) is 1.99. The maximum Gasteiger partial charge on any atom is -0.0345 e. The Morgan fingerprint density at radius 1 is 1.27 bits per heavy atom. The largest absolute Gasteiger partial charge is 0.0874 e. The Morgan fingerprint density at radius 3 is 2.55 bits per heavy atom. The molecule has 0 atom stereocenters. The van der Waals surface area contributed by atoms with Crippen LogP contribution in [0.25, 0.3) is 0 Å². The monoisotopic (exact) mass is 152 g/mol. The molecule has 0 rings (SSSR count). The maximum absolute atomic E-state index is 2.32. The molecule has 0 aliphatic heterocycles. The fourth-order valence-electron chi connectivity index (χ4n) is 1.06. The molecule has 0 nitrogen and oxygen atoms in total. The van der Waals surface area contributed by atoms with E-state index < -0.39 is 0 Å². The van der Waals surface area contributed by atoms with Gasteiger partial charge in [-0.2, -0.15) is 0 Å². The first-order valence-electron chi connectivity index (χ1n) is 4.60. The lowest BCUT2D eigenvalue weighted by atomic mass is 10.1. The van der Waals surface area contributed by atoms with Crippen molar-refractivity contribution in [2.24, 2.45) is 0 Å². The number of hydrogen-bond donors (Lipinski definition) is 0. The summed E-state index contributed by atoms with van der Waals surface area (Å²) in [7, 11) is 0. The topological polar surface area (TPSA) is 0 Å². The van der Waals surface area contributed by atoms with E-state index in [1.165, 1.54) is 31.3 Å². The van der Waals surface area contributed by atoms with Crippen LogP contribution < -0.4 is 0 Å². The van der Waals surface area contributed by atoms with Gasteiger partial charge in [0.2, 0.25) is 0 Å². The van der Waals surface area contributed by atoms with Crippen LogP contribution >= 0.6 is 0 Å².